The molecule has 1 aliphatic heterocycles. The van der Waals surface area contributed by atoms with Crippen LogP contribution in [-0.2, 0) is 21.2 Å². The zero-order valence-electron chi connectivity index (χ0n) is 24.4. The van der Waals surface area contributed by atoms with E-state index in [9.17, 15) is 18.0 Å². The Labute approximate surface area is 249 Å². The maximum Gasteiger partial charge on any atom is 0.255 e. The number of amides is 2. The molecule has 5 rings (SSSR count). The summed E-state index contributed by atoms with van der Waals surface area (Å²) in [5.41, 5.74) is 6.23. The third-order valence-corrected chi connectivity index (χ3v) is 10.1. The molecule has 1 saturated carbocycles. The standard InChI is InChI=1S/C34H41N3O4S/c1-25-7-15-31(35-33(38)18-10-26-5-3-2-4-6-26)23-32(25)28-11-13-29(14-12-28)34(39)36-30-16-8-27(9-17-30)24-37-19-21-42(40,41)22-20-37/h7-9,11-17,23,26H,2-6,10,18-22,24H2,1H3,(H,35,38)(H,36,39). The van der Waals surface area contributed by atoms with Crippen LogP contribution in [0.5, 0.6) is 0 Å². The monoisotopic (exact) mass is 587 g/mol. The molecule has 1 heterocycles. The number of sulfone groups is 1. The third-order valence-electron chi connectivity index (χ3n) is 8.54. The van der Waals surface area contributed by atoms with E-state index in [1.54, 1.807) is 0 Å². The van der Waals surface area contributed by atoms with Gasteiger partial charge in [-0.2, -0.15) is 0 Å². The van der Waals surface area contributed by atoms with Crippen LogP contribution in [0.2, 0.25) is 0 Å². The van der Waals surface area contributed by atoms with Gasteiger partial charge in [-0.25, -0.2) is 8.42 Å². The fourth-order valence-electron chi connectivity index (χ4n) is 5.91. The average molecular weight is 588 g/mol. The van der Waals surface area contributed by atoms with Gasteiger partial charge in [-0.1, -0.05) is 62.4 Å². The zero-order valence-corrected chi connectivity index (χ0v) is 25.2. The van der Waals surface area contributed by atoms with Crippen molar-refractivity contribution < 1.29 is 18.0 Å². The summed E-state index contributed by atoms with van der Waals surface area (Å²) in [6.45, 7) is 3.84. The molecular weight excluding hydrogens is 546 g/mol. The van der Waals surface area contributed by atoms with Gasteiger partial charge in [0.25, 0.3) is 5.91 Å². The number of benzene rings is 3. The summed E-state index contributed by atoms with van der Waals surface area (Å²) < 4.78 is 23.3. The second-order valence-electron chi connectivity index (χ2n) is 11.8. The van der Waals surface area contributed by atoms with Crippen molar-refractivity contribution in [3.05, 3.63) is 83.4 Å². The molecule has 7 nitrogen and oxygen atoms in total. The van der Waals surface area contributed by atoms with Crippen LogP contribution in [0.25, 0.3) is 11.1 Å². The van der Waals surface area contributed by atoms with Gasteiger partial charge in [-0.3, -0.25) is 14.5 Å². The molecule has 0 radical (unpaired) electrons. The summed E-state index contributed by atoms with van der Waals surface area (Å²) in [5.74, 6) is 0.982. The molecule has 1 aliphatic carbocycles. The second-order valence-corrected chi connectivity index (χ2v) is 14.1. The van der Waals surface area contributed by atoms with Crippen LogP contribution < -0.4 is 10.6 Å². The van der Waals surface area contributed by atoms with E-state index in [1.165, 1.54) is 32.1 Å². The van der Waals surface area contributed by atoms with Crippen molar-refractivity contribution in [1.82, 2.24) is 4.90 Å². The molecule has 3 aromatic rings. The Morgan fingerprint density at radius 1 is 0.833 bits per heavy atom. The van der Waals surface area contributed by atoms with E-state index < -0.39 is 9.84 Å². The molecule has 0 unspecified atom stereocenters. The highest BCUT2D eigenvalue weighted by molar-refractivity contribution is 7.91. The number of carbonyl (C=O) groups excluding carboxylic acids is 2. The quantitative estimate of drug-likeness (QED) is 0.300. The van der Waals surface area contributed by atoms with Crippen LogP contribution in [0.1, 0.15) is 66.4 Å². The average Bonchev–Trinajstić information content (AvgIpc) is 3.00. The minimum Gasteiger partial charge on any atom is -0.326 e. The van der Waals surface area contributed by atoms with Crippen LogP contribution in [-0.4, -0.2) is 49.7 Å². The van der Waals surface area contributed by atoms with Crippen molar-refractivity contribution in [3.63, 3.8) is 0 Å². The molecular formula is C34H41N3O4S. The van der Waals surface area contributed by atoms with Gasteiger partial charge >= 0.3 is 0 Å². The molecule has 0 atom stereocenters. The number of nitrogens with one attached hydrogen (secondary N) is 2. The van der Waals surface area contributed by atoms with Crippen molar-refractivity contribution in [2.24, 2.45) is 5.92 Å². The molecule has 8 heteroatoms. The largest absolute Gasteiger partial charge is 0.326 e. The van der Waals surface area contributed by atoms with E-state index >= 15 is 0 Å². The van der Waals surface area contributed by atoms with Crippen LogP contribution in [0, 0.1) is 12.8 Å². The number of hydrogen-bond acceptors (Lipinski definition) is 5. The first kappa shape index (κ1) is 30.0. The highest BCUT2D eigenvalue weighted by Gasteiger charge is 2.21. The fourth-order valence-corrected chi connectivity index (χ4v) is 7.19. The summed E-state index contributed by atoms with van der Waals surface area (Å²) in [4.78, 5) is 27.7. The Bertz CT molecular complexity index is 1480. The molecule has 2 fully saturated rings. The predicted molar refractivity (Wildman–Crippen MR) is 169 cm³/mol. The fraction of sp³-hybridized carbons (Fsp3) is 0.412. The van der Waals surface area contributed by atoms with Gasteiger partial charge in [0.15, 0.2) is 9.84 Å². The van der Waals surface area contributed by atoms with Crippen molar-refractivity contribution in [1.29, 1.82) is 0 Å². The highest BCUT2D eigenvalue weighted by Crippen LogP contribution is 2.29. The summed E-state index contributed by atoms with van der Waals surface area (Å²) in [6.07, 6.45) is 7.93. The number of hydrogen-bond donors (Lipinski definition) is 2. The van der Waals surface area contributed by atoms with E-state index in [2.05, 4.69) is 15.5 Å². The van der Waals surface area contributed by atoms with Gasteiger partial charge in [0.1, 0.15) is 0 Å². The first-order valence-corrected chi connectivity index (χ1v) is 16.9. The molecule has 2 N–H and O–H groups in total. The molecule has 42 heavy (non-hydrogen) atoms. The van der Waals surface area contributed by atoms with Gasteiger partial charge < -0.3 is 10.6 Å². The number of aryl methyl sites for hydroxylation is 1. The van der Waals surface area contributed by atoms with Gasteiger partial charge in [0.2, 0.25) is 5.91 Å². The maximum atomic E-state index is 12.9. The Morgan fingerprint density at radius 2 is 1.50 bits per heavy atom. The van der Waals surface area contributed by atoms with E-state index in [4.69, 9.17) is 0 Å². The van der Waals surface area contributed by atoms with Gasteiger partial charge in [-0.15, -0.1) is 0 Å². The first-order valence-electron chi connectivity index (χ1n) is 15.1. The summed E-state index contributed by atoms with van der Waals surface area (Å²) in [7, 11) is -2.89. The predicted octanol–water partition coefficient (Wildman–Crippen LogP) is 6.44. The maximum absolute atomic E-state index is 12.9. The molecule has 2 amide bonds. The minimum absolute atomic E-state index is 0.0670. The number of anilines is 2. The second kappa shape index (κ2) is 13.7. The Hall–Kier alpha value is -3.49. The molecule has 0 bridgehead atoms. The Kier molecular flexibility index (Phi) is 9.75. The molecule has 222 valence electrons. The summed E-state index contributed by atoms with van der Waals surface area (Å²) >= 11 is 0. The normalized spacial score (nSPS) is 17.5. The Morgan fingerprint density at radius 3 is 2.19 bits per heavy atom. The van der Waals surface area contributed by atoms with Crippen LogP contribution in [0.15, 0.2) is 66.7 Å². The molecule has 0 spiro atoms. The van der Waals surface area contributed by atoms with E-state index in [1.807, 2.05) is 73.7 Å². The minimum atomic E-state index is -2.89. The van der Waals surface area contributed by atoms with E-state index in [0.29, 0.717) is 43.2 Å². The molecule has 2 aliphatic rings. The topological polar surface area (TPSA) is 95.6 Å². The zero-order chi connectivity index (χ0) is 29.5. The summed E-state index contributed by atoms with van der Waals surface area (Å²) in [6, 6.07) is 21.2. The lowest BCUT2D eigenvalue weighted by Gasteiger charge is -2.26. The van der Waals surface area contributed by atoms with Crippen LogP contribution >= 0.6 is 0 Å². The highest BCUT2D eigenvalue weighted by atomic mass is 32.2. The van der Waals surface area contributed by atoms with Gasteiger partial charge in [0, 0.05) is 43.0 Å². The summed E-state index contributed by atoms with van der Waals surface area (Å²) in [5, 5.41) is 6.03. The smallest absolute Gasteiger partial charge is 0.255 e. The lowest BCUT2D eigenvalue weighted by molar-refractivity contribution is -0.116. The van der Waals surface area contributed by atoms with Crippen molar-refractivity contribution in [2.75, 3.05) is 35.2 Å². The lowest BCUT2D eigenvalue weighted by atomic mass is 9.86. The molecule has 1 saturated heterocycles. The number of rotatable bonds is 9. The van der Waals surface area contributed by atoms with Gasteiger partial charge in [0.05, 0.1) is 11.5 Å². The van der Waals surface area contributed by atoms with Crippen molar-refractivity contribution in [2.45, 2.75) is 58.4 Å². The Balaban J connectivity index is 1.15. The number of nitrogens with zero attached hydrogens (tertiary/aromatic N) is 1. The third kappa shape index (κ3) is 8.29. The molecule has 0 aromatic heterocycles. The van der Waals surface area contributed by atoms with Crippen molar-refractivity contribution in [3.8, 4) is 11.1 Å². The lowest BCUT2D eigenvalue weighted by Crippen LogP contribution is -2.39. The van der Waals surface area contributed by atoms with Crippen LogP contribution in [0.3, 0.4) is 0 Å². The van der Waals surface area contributed by atoms with E-state index in [-0.39, 0.29) is 23.3 Å². The van der Waals surface area contributed by atoms with Crippen molar-refractivity contribution >= 4 is 33.0 Å². The van der Waals surface area contributed by atoms with Gasteiger partial charge in [-0.05, 0) is 77.9 Å². The molecule has 3 aromatic carbocycles. The number of carbonyl (C=O) groups is 2. The SMILES string of the molecule is Cc1ccc(NC(=O)CCC2CCCCC2)cc1-c1ccc(C(=O)Nc2ccc(CN3CCS(=O)(=O)CC3)cc2)cc1. The van der Waals surface area contributed by atoms with E-state index in [0.717, 1.165) is 34.4 Å². The first-order chi connectivity index (χ1) is 20.2. The van der Waals surface area contributed by atoms with Crippen LogP contribution in [0.4, 0.5) is 11.4 Å².